The number of para-hydroxylation sites is 1. The summed E-state index contributed by atoms with van der Waals surface area (Å²) in [6, 6.07) is 11.1. The Morgan fingerprint density at radius 2 is 1.06 bits per heavy atom. The molecule has 0 spiro atoms. The number of carboxylic acid groups (broad SMARTS) is 3. The molecule has 101 heavy (non-hydrogen) atoms. The zero-order valence-electron chi connectivity index (χ0n) is 54.5. The van der Waals surface area contributed by atoms with Gasteiger partial charge in [-0.25, -0.2) is 4.79 Å². The summed E-state index contributed by atoms with van der Waals surface area (Å²) in [6.45, 7) is -0.0207. The molecule has 0 bridgehead atoms. The second kappa shape index (κ2) is 37.0. The van der Waals surface area contributed by atoms with Gasteiger partial charge in [0, 0.05) is 61.5 Å². The third kappa shape index (κ3) is 23.4. The van der Waals surface area contributed by atoms with Crippen molar-refractivity contribution in [1.82, 2.24) is 63.1 Å². The molecule has 0 unspecified atom stereocenters. The normalized spacial score (nSPS) is 23.7. The maximum atomic E-state index is 14.8. The Labute approximate surface area is 581 Å². The van der Waals surface area contributed by atoms with E-state index in [1.54, 1.807) is 91.1 Å². The summed E-state index contributed by atoms with van der Waals surface area (Å²) in [7, 11) is 0. The molecule has 33 nitrogen and oxygen atoms in total. The van der Waals surface area contributed by atoms with Crippen LogP contribution in [0.3, 0.4) is 0 Å². The van der Waals surface area contributed by atoms with E-state index in [0.29, 0.717) is 27.6 Å². The third-order valence-corrected chi connectivity index (χ3v) is 17.4. The molecule has 1 aromatic heterocycles. The average Bonchev–Trinajstić information content (AvgIpc) is 1.61. The van der Waals surface area contributed by atoms with Crippen molar-refractivity contribution in [3.63, 3.8) is 0 Å². The molecular formula is C67H79N13O20S. The lowest BCUT2D eigenvalue weighted by Crippen LogP contribution is -2.62. The molecule has 2 fully saturated rings. The molecule has 538 valence electrons. The number of hydrogen-bond acceptors (Lipinski definition) is 18. The van der Waals surface area contributed by atoms with Crippen molar-refractivity contribution in [3.05, 3.63) is 138 Å². The van der Waals surface area contributed by atoms with Crippen molar-refractivity contribution >= 4 is 111 Å². The van der Waals surface area contributed by atoms with Crippen molar-refractivity contribution in [2.75, 3.05) is 24.6 Å². The lowest BCUT2D eigenvalue weighted by molar-refractivity contribution is -0.144. The second-order valence-electron chi connectivity index (χ2n) is 24.1. The lowest BCUT2D eigenvalue weighted by atomic mass is 10.0. The van der Waals surface area contributed by atoms with Crippen molar-refractivity contribution in [1.29, 1.82) is 0 Å². The van der Waals surface area contributed by atoms with Crippen LogP contribution < -0.4 is 58.9 Å². The van der Waals surface area contributed by atoms with Crippen LogP contribution in [0.1, 0.15) is 67.7 Å². The van der Waals surface area contributed by atoms with Gasteiger partial charge in [-0.15, -0.1) is 11.8 Å². The number of primary amides is 1. The van der Waals surface area contributed by atoms with E-state index in [1.807, 2.05) is 0 Å². The third-order valence-electron chi connectivity index (χ3n) is 16.4. The fraction of sp³-hybridized carbons (Fsp3) is 0.388. The standard InChI is InChI=1S/C67H79N13O20S/c1-35(81)57-65(97)77-49(27-37-13-6-3-7-14-37)66(98)80-24-10-17-51(80)64(96)78-50(67(99)100)33-101-34-54(85)72-46(28-39-31-69-42-16-9-8-15-41(39)42)61(93)74-45(25-36-11-4-2-5-12-36)60(92)73-43(22-23-55(86)87)58(90)70-32-53(84)71-44(26-38-18-20-40(82)21-19-38)59(91)76-48(30-56(88)89)62(94)75-47(29-52(68)83)63(95)79-57/h2-9,11-16,18-21,31,35,43-51,57,69,81-82H,10,17,22-30,32-34H2,1H3,(H2,68,83)(H,70,90)(H,71,84)(H,72,85)(H,73,92)(H,74,93)(H,75,94)(H,76,91)(H,77,97)(H,78,96)(H,79,95)(H,86,87)(H,88,89)(H,99,100)/t35-,43-,44+,45+,46+,47+,48+,49+,50+,51+,57+/m1/s1. The smallest absolute Gasteiger partial charge is 0.327 e. The van der Waals surface area contributed by atoms with Gasteiger partial charge in [-0.2, -0.15) is 0 Å². The van der Waals surface area contributed by atoms with Crippen LogP contribution in [0.2, 0.25) is 0 Å². The number of hydrogen-bond donors (Lipinski definition) is 17. The number of aromatic amines is 1. The van der Waals surface area contributed by atoms with E-state index in [4.69, 9.17) is 5.73 Å². The molecule has 0 radical (unpaired) electrons. The molecule has 2 saturated heterocycles. The van der Waals surface area contributed by atoms with Crippen LogP contribution in [0, 0.1) is 0 Å². The lowest BCUT2D eigenvalue weighted by Gasteiger charge is -2.31. The maximum absolute atomic E-state index is 14.8. The minimum absolute atomic E-state index is 0.00707. The number of benzene rings is 4. The second-order valence-corrected chi connectivity index (χ2v) is 25.1. The number of phenolic OH excluding ortho intramolecular Hbond substituents is 1. The number of nitrogens with one attached hydrogen (secondary N) is 11. The minimum atomic E-state index is -2.15. The SMILES string of the molecule is C[C@@H](O)[C@@H]1NC(=O)[C@H](CC(N)=O)NC(=O)[C@H](CC(=O)O)NC(=O)[C@H](Cc2ccc(O)cc2)NC(=O)CNC(=O)[C@@H](CCC(=O)O)NC(=O)[C@H](Cc2ccccc2)NC(=O)[C@H](Cc2c[nH]c3ccccc23)NC(=O)CSC[C@@H](C(=O)O)NC(=O)[C@@H]2CCCN2C(=O)[C@H](Cc2ccccc2)NC1=O. The molecule has 12 amide bonds. The number of nitrogens with two attached hydrogens (primary N) is 1. The van der Waals surface area contributed by atoms with Crippen LogP contribution in [-0.2, 0) is 97.6 Å². The molecule has 4 aromatic carbocycles. The van der Waals surface area contributed by atoms with E-state index in [2.05, 4.69) is 58.2 Å². The van der Waals surface area contributed by atoms with Crippen molar-refractivity contribution in [2.45, 2.75) is 138 Å². The molecule has 34 heteroatoms. The quantitative estimate of drug-likeness (QED) is 0.0442. The Morgan fingerprint density at radius 1 is 0.545 bits per heavy atom. The highest BCUT2D eigenvalue weighted by Crippen LogP contribution is 2.23. The van der Waals surface area contributed by atoms with Crippen LogP contribution in [-0.4, -0.2) is 215 Å². The predicted molar refractivity (Wildman–Crippen MR) is 359 cm³/mol. The zero-order chi connectivity index (χ0) is 73.4. The number of aliphatic hydroxyl groups excluding tert-OH is 1. The van der Waals surface area contributed by atoms with E-state index in [9.17, 15) is 97.5 Å². The summed E-state index contributed by atoms with van der Waals surface area (Å²) in [5, 5.41) is 75.8. The molecule has 18 N–H and O–H groups in total. The van der Waals surface area contributed by atoms with Gasteiger partial charge in [-0.05, 0) is 66.6 Å². The highest BCUT2D eigenvalue weighted by atomic mass is 32.2. The van der Waals surface area contributed by atoms with Gasteiger partial charge in [0.1, 0.15) is 66.2 Å². The molecular weight excluding hydrogens is 1340 g/mol. The summed E-state index contributed by atoms with van der Waals surface area (Å²) >= 11 is 0.752. The number of phenols is 1. The number of aliphatic hydroxyl groups is 1. The van der Waals surface area contributed by atoms with E-state index in [0.717, 1.165) is 23.6 Å². The number of amides is 12. The molecule has 5 aromatic rings. The average molecular weight is 1420 g/mol. The van der Waals surface area contributed by atoms with Gasteiger partial charge in [0.05, 0.1) is 31.2 Å². The summed E-state index contributed by atoms with van der Waals surface area (Å²) in [5.41, 5.74) is 7.88. The Morgan fingerprint density at radius 3 is 1.65 bits per heavy atom. The first-order valence-corrected chi connectivity index (χ1v) is 33.2. The van der Waals surface area contributed by atoms with Crippen molar-refractivity contribution in [2.24, 2.45) is 5.73 Å². The van der Waals surface area contributed by atoms with E-state index < -0.39 is 205 Å². The van der Waals surface area contributed by atoms with Crippen LogP contribution in [0.25, 0.3) is 10.9 Å². The number of nitrogens with zero attached hydrogens (tertiary/aromatic N) is 1. The summed E-state index contributed by atoms with van der Waals surface area (Å²) in [4.78, 5) is 211. The Hall–Kier alpha value is -11.4. The summed E-state index contributed by atoms with van der Waals surface area (Å²) in [6.07, 6.45) is -4.79. The number of thioether (sulfide) groups is 1. The fourth-order valence-electron chi connectivity index (χ4n) is 11.2. The van der Waals surface area contributed by atoms with Gasteiger partial charge in [0.25, 0.3) is 0 Å². The van der Waals surface area contributed by atoms with E-state index in [1.165, 1.54) is 24.3 Å². The number of rotatable bonds is 17. The minimum Gasteiger partial charge on any atom is -0.508 e. The molecule has 3 heterocycles. The van der Waals surface area contributed by atoms with Crippen LogP contribution in [0.5, 0.6) is 5.75 Å². The van der Waals surface area contributed by atoms with Crippen LogP contribution in [0.4, 0.5) is 0 Å². The van der Waals surface area contributed by atoms with Crippen molar-refractivity contribution < 1.29 is 97.5 Å². The van der Waals surface area contributed by atoms with Gasteiger partial charge < -0.3 is 94.3 Å². The summed E-state index contributed by atoms with van der Waals surface area (Å²) in [5.74, 6) is -19.3. The topological polar surface area (TPSA) is 523 Å². The van der Waals surface area contributed by atoms with E-state index >= 15 is 0 Å². The predicted octanol–water partition coefficient (Wildman–Crippen LogP) is -2.96. The monoisotopic (exact) mass is 1420 g/mol. The molecule has 2 aliphatic heterocycles. The molecule has 7 rings (SSSR count). The first-order valence-electron chi connectivity index (χ1n) is 32.0. The number of carboxylic acids is 3. The van der Waals surface area contributed by atoms with Gasteiger partial charge >= 0.3 is 17.9 Å². The Kier molecular flexibility index (Phi) is 28.2. The zero-order valence-corrected chi connectivity index (χ0v) is 55.3. The van der Waals surface area contributed by atoms with Crippen LogP contribution >= 0.6 is 11.8 Å². The maximum Gasteiger partial charge on any atom is 0.327 e. The fourth-order valence-corrected chi connectivity index (χ4v) is 12.1. The Balaban J connectivity index is 1.25. The first kappa shape index (κ1) is 76.9. The van der Waals surface area contributed by atoms with Gasteiger partial charge in [-0.1, -0.05) is 91.0 Å². The van der Waals surface area contributed by atoms with Crippen molar-refractivity contribution in [3.8, 4) is 5.75 Å². The number of aliphatic carboxylic acids is 3. The van der Waals surface area contributed by atoms with Gasteiger partial charge in [0.2, 0.25) is 70.9 Å². The molecule has 0 aliphatic carbocycles. The summed E-state index contributed by atoms with van der Waals surface area (Å²) < 4.78 is 0. The molecule has 0 saturated carbocycles. The number of carbonyl (C=O) groups is 15. The molecule has 2 aliphatic rings. The number of aromatic hydroxyl groups is 1. The number of aromatic nitrogens is 1. The highest BCUT2D eigenvalue weighted by Gasteiger charge is 2.42. The molecule has 11 atom stereocenters. The van der Waals surface area contributed by atoms with Crippen LogP contribution in [0.15, 0.2) is 115 Å². The number of carbonyl (C=O) groups excluding carboxylic acids is 12. The Bertz CT molecular complexity index is 3860. The number of fused-ring (bicyclic) bond motifs is 2. The number of H-pyrrole nitrogens is 1. The first-order chi connectivity index (χ1) is 48.1. The van der Waals surface area contributed by atoms with Gasteiger partial charge in [-0.3, -0.25) is 67.1 Å². The van der Waals surface area contributed by atoms with E-state index in [-0.39, 0.29) is 50.0 Å². The largest absolute Gasteiger partial charge is 0.508 e. The van der Waals surface area contributed by atoms with Gasteiger partial charge in [0.15, 0.2) is 0 Å². The highest BCUT2D eigenvalue weighted by molar-refractivity contribution is 8.00.